The summed E-state index contributed by atoms with van der Waals surface area (Å²) in [7, 11) is 3.95. The first-order valence-electron chi connectivity index (χ1n) is 6.79. The van der Waals surface area contributed by atoms with Crippen LogP contribution >= 0.6 is 0 Å². The minimum Gasteiger partial charge on any atom is -0.378 e. The zero-order valence-electron chi connectivity index (χ0n) is 12.1. The third-order valence-corrected chi connectivity index (χ3v) is 3.46. The highest BCUT2D eigenvalue weighted by molar-refractivity contribution is 6.05. The summed E-state index contributed by atoms with van der Waals surface area (Å²) in [5.41, 5.74) is 3.57. The van der Waals surface area contributed by atoms with Crippen molar-refractivity contribution < 1.29 is 4.79 Å². The minimum atomic E-state index is -0.102. The standard InChI is InChI=1S/C17H17N3O/c1-20(2)15-6-3-12(4-7-15)17(21)19-14-5-8-16-13(11-14)9-10-18-16/h3-11,18H,1-2H3,(H,19,21). The molecule has 0 aliphatic carbocycles. The first kappa shape index (κ1) is 13.2. The number of carbonyl (C=O) groups excluding carboxylic acids is 1. The van der Waals surface area contributed by atoms with Gasteiger partial charge in [-0.25, -0.2) is 0 Å². The Bertz CT molecular complexity index is 772. The highest BCUT2D eigenvalue weighted by Gasteiger charge is 2.07. The summed E-state index contributed by atoms with van der Waals surface area (Å²) in [6.07, 6.45) is 1.89. The first-order valence-corrected chi connectivity index (χ1v) is 6.79. The van der Waals surface area contributed by atoms with Crippen molar-refractivity contribution in [1.82, 2.24) is 4.98 Å². The highest BCUT2D eigenvalue weighted by atomic mass is 16.1. The number of hydrogen-bond donors (Lipinski definition) is 2. The highest BCUT2D eigenvalue weighted by Crippen LogP contribution is 2.19. The molecule has 106 valence electrons. The fourth-order valence-corrected chi connectivity index (χ4v) is 2.25. The van der Waals surface area contributed by atoms with Gasteiger partial charge in [-0.05, 0) is 48.5 Å². The molecule has 1 heterocycles. The molecule has 21 heavy (non-hydrogen) atoms. The van der Waals surface area contributed by atoms with E-state index in [0.29, 0.717) is 5.56 Å². The third-order valence-electron chi connectivity index (χ3n) is 3.46. The molecule has 4 nitrogen and oxygen atoms in total. The fraction of sp³-hybridized carbons (Fsp3) is 0.118. The van der Waals surface area contributed by atoms with Gasteiger partial charge in [-0.3, -0.25) is 4.79 Å². The number of rotatable bonds is 3. The molecule has 3 rings (SSSR count). The number of anilines is 2. The van der Waals surface area contributed by atoms with E-state index in [1.165, 1.54) is 0 Å². The Morgan fingerprint density at radius 1 is 1.05 bits per heavy atom. The van der Waals surface area contributed by atoms with Crippen LogP contribution in [0.2, 0.25) is 0 Å². The van der Waals surface area contributed by atoms with Crippen molar-refractivity contribution in [3.8, 4) is 0 Å². The van der Waals surface area contributed by atoms with Crippen molar-refractivity contribution in [3.63, 3.8) is 0 Å². The maximum atomic E-state index is 12.2. The molecule has 0 aliphatic rings. The van der Waals surface area contributed by atoms with Crippen LogP contribution in [0.1, 0.15) is 10.4 Å². The lowest BCUT2D eigenvalue weighted by Gasteiger charge is -2.12. The number of aromatic nitrogens is 1. The van der Waals surface area contributed by atoms with Gasteiger partial charge in [0, 0.05) is 48.1 Å². The second-order valence-electron chi connectivity index (χ2n) is 5.18. The molecule has 1 amide bonds. The molecule has 2 N–H and O–H groups in total. The van der Waals surface area contributed by atoms with Crippen LogP contribution in [0.4, 0.5) is 11.4 Å². The molecule has 0 spiro atoms. The summed E-state index contributed by atoms with van der Waals surface area (Å²) in [5, 5.41) is 4.00. The summed E-state index contributed by atoms with van der Waals surface area (Å²) in [6.45, 7) is 0. The first-order chi connectivity index (χ1) is 10.1. The van der Waals surface area contributed by atoms with E-state index in [1.807, 2.05) is 73.7 Å². The van der Waals surface area contributed by atoms with Crippen molar-refractivity contribution in [2.24, 2.45) is 0 Å². The second-order valence-corrected chi connectivity index (χ2v) is 5.18. The van der Waals surface area contributed by atoms with E-state index in [-0.39, 0.29) is 5.91 Å². The SMILES string of the molecule is CN(C)c1ccc(C(=O)Nc2ccc3[nH]ccc3c2)cc1. The molecule has 2 aromatic carbocycles. The number of nitrogens with zero attached hydrogens (tertiary/aromatic N) is 1. The lowest BCUT2D eigenvalue weighted by Crippen LogP contribution is -2.13. The Morgan fingerprint density at radius 3 is 2.52 bits per heavy atom. The molecule has 0 bridgehead atoms. The monoisotopic (exact) mass is 279 g/mol. The number of H-pyrrole nitrogens is 1. The van der Waals surface area contributed by atoms with Gasteiger partial charge in [-0.1, -0.05) is 0 Å². The Morgan fingerprint density at radius 2 is 1.81 bits per heavy atom. The fourth-order valence-electron chi connectivity index (χ4n) is 2.25. The molecule has 0 saturated heterocycles. The van der Waals surface area contributed by atoms with Crippen LogP contribution in [0, 0.1) is 0 Å². The van der Waals surface area contributed by atoms with E-state index in [4.69, 9.17) is 0 Å². The van der Waals surface area contributed by atoms with Crippen LogP contribution in [0.5, 0.6) is 0 Å². The number of amides is 1. The summed E-state index contributed by atoms with van der Waals surface area (Å²) in [4.78, 5) is 17.4. The number of aromatic amines is 1. The summed E-state index contributed by atoms with van der Waals surface area (Å²) < 4.78 is 0. The largest absolute Gasteiger partial charge is 0.378 e. The topological polar surface area (TPSA) is 48.1 Å². The van der Waals surface area contributed by atoms with Gasteiger partial charge in [-0.2, -0.15) is 0 Å². The Kier molecular flexibility index (Phi) is 3.36. The minimum absolute atomic E-state index is 0.102. The van der Waals surface area contributed by atoms with Crippen LogP contribution < -0.4 is 10.2 Å². The zero-order chi connectivity index (χ0) is 14.8. The van der Waals surface area contributed by atoms with Gasteiger partial charge in [0.15, 0.2) is 0 Å². The van der Waals surface area contributed by atoms with Gasteiger partial charge in [0.1, 0.15) is 0 Å². The van der Waals surface area contributed by atoms with Crippen LogP contribution in [0.15, 0.2) is 54.7 Å². The lowest BCUT2D eigenvalue weighted by molar-refractivity contribution is 0.102. The maximum Gasteiger partial charge on any atom is 0.255 e. The average Bonchev–Trinajstić information content (AvgIpc) is 2.95. The van der Waals surface area contributed by atoms with Gasteiger partial charge in [0.05, 0.1) is 0 Å². The summed E-state index contributed by atoms with van der Waals surface area (Å²) in [5.74, 6) is -0.102. The van der Waals surface area contributed by atoms with E-state index < -0.39 is 0 Å². The van der Waals surface area contributed by atoms with Gasteiger partial charge >= 0.3 is 0 Å². The van der Waals surface area contributed by atoms with Crippen molar-refractivity contribution in [2.45, 2.75) is 0 Å². The normalized spacial score (nSPS) is 10.6. The van der Waals surface area contributed by atoms with Crippen molar-refractivity contribution >= 4 is 28.2 Å². The molecule has 0 atom stereocenters. The average molecular weight is 279 g/mol. The van der Waals surface area contributed by atoms with Crippen LogP contribution in [-0.4, -0.2) is 25.0 Å². The van der Waals surface area contributed by atoms with Gasteiger partial charge in [-0.15, -0.1) is 0 Å². The second kappa shape index (κ2) is 5.32. The molecular weight excluding hydrogens is 262 g/mol. The third kappa shape index (κ3) is 2.74. The Labute approximate surface area is 123 Å². The van der Waals surface area contributed by atoms with Crippen LogP contribution in [0.25, 0.3) is 10.9 Å². The number of nitrogens with one attached hydrogen (secondary N) is 2. The Hall–Kier alpha value is -2.75. The Balaban J connectivity index is 1.78. The van der Waals surface area contributed by atoms with Crippen LogP contribution in [-0.2, 0) is 0 Å². The number of carbonyl (C=O) groups is 1. The lowest BCUT2D eigenvalue weighted by atomic mass is 10.1. The molecule has 1 aromatic heterocycles. The molecule has 0 aliphatic heterocycles. The predicted octanol–water partition coefficient (Wildman–Crippen LogP) is 3.49. The van der Waals surface area contributed by atoms with Gasteiger partial charge in [0.2, 0.25) is 0 Å². The molecule has 3 aromatic rings. The van der Waals surface area contributed by atoms with Crippen molar-refractivity contribution in [3.05, 3.63) is 60.3 Å². The van der Waals surface area contributed by atoms with Crippen LogP contribution in [0.3, 0.4) is 0 Å². The zero-order valence-corrected chi connectivity index (χ0v) is 12.1. The van der Waals surface area contributed by atoms with Crippen molar-refractivity contribution in [1.29, 1.82) is 0 Å². The molecule has 4 heteroatoms. The number of hydrogen-bond acceptors (Lipinski definition) is 2. The van der Waals surface area contributed by atoms with Gasteiger partial charge in [0.25, 0.3) is 5.91 Å². The summed E-state index contributed by atoms with van der Waals surface area (Å²) in [6, 6.07) is 15.3. The molecule has 0 saturated carbocycles. The molecule has 0 fully saturated rings. The number of benzene rings is 2. The van der Waals surface area contributed by atoms with E-state index in [2.05, 4.69) is 10.3 Å². The molecular formula is C17H17N3O. The smallest absolute Gasteiger partial charge is 0.255 e. The number of fused-ring (bicyclic) bond motifs is 1. The van der Waals surface area contributed by atoms with Crippen molar-refractivity contribution in [2.75, 3.05) is 24.3 Å². The van der Waals surface area contributed by atoms with E-state index in [9.17, 15) is 4.79 Å². The maximum absolute atomic E-state index is 12.2. The van der Waals surface area contributed by atoms with E-state index in [1.54, 1.807) is 0 Å². The van der Waals surface area contributed by atoms with Gasteiger partial charge < -0.3 is 15.2 Å². The van der Waals surface area contributed by atoms with E-state index in [0.717, 1.165) is 22.3 Å². The molecule has 0 radical (unpaired) electrons. The predicted molar refractivity (Wildman–Crippen MR) is 87.0 cm³/mol. The van der Waals surface area contributed by atoms with E-state index >= 15 is 0 Å². The quantitative estimate of drug-likeness (QED) is 0.771. The molecule has 0 unspecified atom stereocenters. The summed E-state index contributed by atoms with van der Waals surface area (Å²) >= 11 is 0.